The molecule has 0 aliphatic carbocycles. The van der Waals surface area contributed by atoms with Crippen molar-refractivity contribution in [2.45, 2.75) is 12.8 Å². The summed E-state index contributed by atoms with van der Waals surface area (Å²) < 4.78 is 5.72. The first-order valence-corrected chi connectivity index (χ1v) is 9.80. The number of nitrogens with one attached hydrogen (secondary N) is 1. The quantitative estimate of drug-likeness (QED) is 0.839. The van der Waals surface area contributed by atoms with Crippen LogP contribution < -0.4 is 15.0 Å². The van der Waals surface area contributed by atoms with E-state index in [9.17, 15) is 9.59 Å². The van der Waals surface area contributed by atoms with Crippen LogP contribution in [0.5, 0.6) is 5.75 Å². The lowest BCUT2D eigenvalue weighted by atomic mass is 10.1. The predicted molar refractivity (Wildman–Crippen MR) is 109 cm³/mol. The Hall–Kier alpha value is -2.73. The average molecular weight is 400 g/mol. The van der Waals surface area contributed by atoms with E-state index in [1.165, 1.54) is 0 Å². The van der Waals surface area contributed by atoms with E-state index in [1.54, 1.807) is 0 Å². The van der Waals surface area contributed by atoms with Crippen LogP contribution in [0, 0.1) is 0 Å². The summed E-state index contributed by atoms with van der Waals surface area (Å²) in [5.41, 5.74) is 2.91. The minimum Gasteiger partial charge on any atom is -0.493 e. The number of halogens is 1. The molecule has 1 N–H and O–H groups in total. The molecular weight excluding hydrogens is 378 g/mol. The standard InChI is InChI=1S/C21H22ClN3O3/c22-16-1-3-17(4-2-16)24-8-10-25(11-9-24)21(27)7-12-28-18-5-6-19-15(13-18)14-20(26)23-19/h1-6,13H,7-12,14H2,(H,23,26). The number of ether oxygens (including phenoxy) is 1. The van der Waals surface area contributed by atoms with Gasteiger partial charge in [-0.3, -0.25) is 9.59 Å². The van der Waals surface area contributed by atoms with E-state index in [-0.39, 0.29) is 11.8 Å². The largest absolute Gasteiger partial charge is 0.493 e. The van der Waals surface area contributed by atoms with Gasteiger partial charge in [0.2, 0.25) is 11.8 Å². The maximum Gasteiger partial charge on any atom is 0.228 e. The number of hydrogen-bond donors (Lipinski definition) is 1. The molecule has 28 heavy (non-hydrogen) atoms. The van der Waals surface area contributed by atoms with E-state index in [0.29, 0.717) is 38.3 Å². The van der Waals surface area contributed by atoms with Crippen molar-refractivity contribution in [2.75, 3.05) is 43.0 Å². The lowest BCUT2D eigenvalue weighted by Gasteiger charge is -2.36. The summed E-state index contributed by atoms with van der Waals surface area (Å²) in [4.78, 5) is 28.0. The van der Waals surface area contributed by atoms with Gasteiger partial charge < -0.3 is 19.9 Å². The summed E-state index contributed by atoms with van der Waals surface area (Å²) >= 11 is 5.94. The molecule has 2 aliphatic heterocycles. The topological polar surface area (TPSA) is 61.9 Å². The van der Waals surface area contributed by atoms with Crippen LogP contribution in [0.4, 0.5) is 11.4 Å². The van der Waals surface area contributed by atoms with Crippen molar-refractivity contribution in [2.24, 2.45) is 0 Å². The second-order valence-electron chi connectivity index (χ2n) is 6.99. The molecule has 6 nitrogen and oxygen atoms in total. The summed E-state index contributed by atoms with van der Waals surface area (Å²) in [6.07, 6.45) is 0.721. The molecule has 146 valence electrons. The highest BCUT2D eigenvalue weighted by atomic mass is 35.5. The molecule has 4 rings (SSSR count). The van der Waals surface area contributed by atoms with E-state index in [0.717, 1.165) is 35.1 Å². The zero-order valence-corrected chi connectivity index (χ0v) is 16.2. The van der Waals surface area contributed by atoms with Crippen LogP contribution in [-0.4, -0.2) is 49.5 Å². The van der Waals surface area contributed by atoms with Gasteiger partial charge in [0.1, 0.15) is 5.75 Å². The Kier molecular flexibility index (Phi) is 5.39. The molecule has 0 unspecified atom stereocenters. The number of rotatable bonds is 5. The van der Waals surface area contributed by atoms with Crippen LogP contribution in [0.15, 0.2) is 42.5 Å². The van der Waals surface area contributed by atoms with Crippen molar-refractivity contribution >= 4 is 34.8 Å². The summed E-state index contributed by atoms with van der Waals surface area (Å²) in [7, 11) is 0. The maximum atomic E-state index is 12.5. The van der Waals surface area contributed by atoms with Crippen molar-refractivity contribution < 1.29 is 14.3 Å². The van der Waals surface area contributed by atoms with Crippen molar-refractivity contribution in [3.63, 3.8) is 0 Å². The molecule has 0 bridgehead atoms. The molecular formula is C21H22ClN3O3. The Bertz CT molecular complexity index is 877. The predicted octanol–water partition coefficient (Wildman–Crippen LogP) is 2.95. The third-order valence-electron chi connectivity index (χ3n) is 5.11. The molecule has 2 heterocycles. The molecule has 2 aromatic carbocycles. The number of carbonyl (C=O) groups is 2. The number of anilines is 2. The van der Waals surface area contributed by atoms with E-state index < -0.39 is 0 Å². The van der Waals surface area contributed by atoms with Gasteiger partial charge in [0.05, 0.1) is 19.4 Å². The van der Waals surface area contributed by atoms with Crippen molar-refractivity contribution in [1.29, 1.82) is 0 Å². The minimum atomic E-state index is 0.0000651. The SMILES string of the molecule is O=C1Cc2cc(OCCC(=O)N3CCN(c4ccc(Cl)cc4)CC3)ccc2N1. The smallest absolute Gasteiger partial charge is 0.228 e. The first-order chi connectivity index (χ1) is 13.6. The van der Waals surface area contributed by atoms with Crippen molar-refractivity contribution in [3.8, 4) is 5.75 Å². The van der Waals surface area contributed by atoms with Gasteiger partial charge in [-0.05, 0) is 48.0 Å². The maximum absolute atomic E-state index is 12.5. The highest BCUT2D eigenvalue weighted by molar-refractivity contribution is 6.30. The van der Waals surface area contributed by atoms with Crippen molar-refractivity contribution in [3.05, 3.63) is 53.1 Å². The van der Waals surface area contributed by atoms with Gasteiger partial charge in [0.25, 0.3) is 0 Å². The van der Waals surface area contributed by atoms with E-state index in [1.807, 2.05) is 47.4 Å². The molecule has 1 fully saturated rings. The molecule has 2 amide bonds. The number of fused-ring (bicyclic) bond motifs is 1. The van der Waals surface area contributed by atoms with Crippen molar-refractivity contribution in [1.82, 2.24) is 4.90 Å². The monoisotopic (exact) mass is 399 g/mol. The van der Waals surface area contributed by atoms with Crippen LogP contribution in [0.25, 0.3) is 0 Å². The molecule has 1 saturated heterocycles. The third kappa shape index (κ3) is 4.22. The van der Waals surface area contributed by atoms with E-state index in [2.05, 4.69) is 10.2 Å². The minimum absolute atomic E-state index is 0.0000651. The van der Waals surface area contributed by atoms with E-state index >= 15 is 0 Å². The highest BCUT2D eigenvalue weighted by Crippen LogP contribution is 2.27. The number of hydrogen-bond acceptors (Lipinski definition) is 4. The lowest BCUT2D eigenvalue weighted by Crippen LogP contribution is -2.49. The molecule has 0 atom stereocenters. The molecule has 0 radical (unpaired) electrons. The Morgan fingerprint density at radius 2 is 1.82 bits per heavy atom. The zero-order chi connectivity index (χ0) is 19.5. The first-order valence-electron chi connectivity index (χ1n) is 9.42. The summed E-state index contributed by atoms with van der Waals surface area (Å²) in [5, 5.41) is 3.52. The van der Waals surface area contributed by atoms with Crippen LogP contribution in [0.3, 0.4) is 0 Å². The van der Waals surface area contributed by atoms with Crippen LogP contribution >= 0.6 is 11.6 Å². The first kappa shape index (κ1) is 18.6. The Labute approximate surface area is 169 Å². The summed E-state index contributed by atoms with van der Waals surface area (Å²) in [5.74, 6) is 0.796. The average Bonchev–Trinajstić information content (AvgIpc) is 3.08. The number of amides is 2. The van der Waals surface area contributed by atoms with Gasteiger partial charge >= 0.3 is 0 Å². The van der Waals surface area contributed by atoms with Gasteiger partial charge in [-0.15, -0.1) is 0 Å². The van der Waals surface area contributed by atoms with Crippen LogP contribution in [-0.2, 0) is 16.0 Å². The Morgan fingerprint density at radius 1 is 1.07 bits per heavy atom. The van der Waals surface area contributed by atoms with Gasteiger partial charge in [-0.1, -0.05) is 11.6 Å². The Balaban J connectivity index is 1.22. The number of nitrogens with zero attached hydrogens (tertiary/aromatic N) is 2. The van der Waals surface area contributed by atoms with Gasteiger partial charge in [0, 0.05) is 42.6 Å². The fraction of sp³-hybridized carbons (Fsp3) is 0.333. The normalized spacial score (nSPS) is 16.0. The zero-order valence-electron chi connectivity index (χ0n) is 15.5. The Morgan fingerprint density at radius 3 is 2.57 bits per heavy atom. The van der Waals surface area contributed by atoms with Gasteiger partial charge in [-0.2, -0.15) is 0 Å². The highest BCUT2D eigenvalue weighted by Gasteiger charge is 2.21. The second kappa shape index (κ2) is 8.10. The van der Waals surface area contributed by atoms with Gasteiger partial charge in [-0.25, -0.2) is 0 Å². The molecule has 7 heteroatoms. The second-order valence-corrected chi connectivity index (χ2v) is 7.42. The van der Waals surface area contributed by atoms with Crippen LogP contribution in [0.1, 0.15) is 12.0 Å². The molecule has 0 aromatic heterocycles. The van der Waals surface area contributed by atoms with Gasteiger partial charge in [0.15, 0.2) is 0 Å². The molecule has 0 spiro atoms. The molecule has 0 saturated carbocycles. The molecule has 2 aliphatic rings. The van der Waals surface area contributed by atoms with Crippen LogP contribution in [0.2, 0.25) is 5.02 Å². The fourth-order valence-corrected chi connectivity index (χ4v) is 3.70. The van der Waals surface area contributed by atoms with E-state index in [4.69, 9.17) is 16.3 Å². The number of carbonyl (C=O) groups excluding carboxylic acids is 2. The summed E-state index contributed by atoms with van der Waals surface area (Å²) in [6, 6.07) is 13.3. The fourth-order valence-electron chi connectivity index (χ4n) is 3.58. The lowest BCUT2D eigenvalue weighted by molar-refractivity contribution is -0.132. The number of benzene rings is 2. The molecule has 2 aromatic rings. The summed E-state index contributed by atoms with van der Waals surface area (Å²) in [6.45, 7) is 3.35. The number of piperazine rings is 1. The third-order valence-corrected chi connectivity index (χ3v) is 5.36.